The lowest BCUT2D eigenvalue weighted by atomic mass is 9.92. The topological polar surface area (TPSA) is 68.5 Å². The fourth-order valence-corrected chi connectivity index (χ4v) is 3.37. The lowest BCUT2D eigenvalue weighted by molar-refractivity contribution is 0.0286. The van der Waals surface area contributed by atoms with Gasteiger partial charge >= 0.3 is 6.09 Å². The third kappa shape index (κ3) is 3.70. The maximum atomic E-state index is 12.1. The van der Waals surface area contributed by atoms with Gasteiger partial charge < -0.3 is 15.4 Å². The van der Waals surface area contributed by atoms with Gasteiger partial charge in [0.05, 0.1) is 5.01 Å². The van der Waals surface area contributed by atoms with Gasteiger partial charge in [-0.1, -0.05) is 0 Å². The quantitative estimate of drug-likeness (QED) is 0.930. The highest BCUT2D eigenvalue weighted by Gasteiger charge is 2.34. The number of rotatable bonds is 3. The number of carbonyl (C=O) groups excluding carboxylic acids is 1. The van der Waals surface area contributed by atoms with Crippen molar-refractivity contribution in [1.29, 1.82) is 0 Å². The van der Waals surface area contributed by atoms with Crippen molar-refractivity contribution in [1.82, 2.24) is 9.88 Å². The van der Waals surface area contributed by atoms with Crippen LogP contribution in [0.5, 0.6) is 0 Å². The molecule has 1 aliphatic rings. The van der Waals surface area contributed by atoms with Crippen LogP contribution in [0, 0.1) is 5.92 Å². The minimum absolute atomic E-state index is 0.227. The molecule has 0 aliphatic carbocycles. The molecule has 0 radical (unpaired) electrons. The highest BCUT2D eigenvalue weighted by atomic mass is 32.1. The van der Waals surface area contributed by atoms with Crippen molar-refractivity contribution >= 4 is 17.4 Å². The molecule has 2 unspecified atom stereocenters. The van der Waals surface area contributed by atoms with Crippen LogP contribution in [0.3, 0.4) is 0 Å². The van der Waals surface area contributed by atoms with Crippen molar-refractivity contribution in [3.63, 3.8) is 0 Å². The van der Waals surface area contributed by atoms with Gasteiger partial charge in [0, 0.05) is 37.1 Å². The molecular formula is C14H23N3O2S. The zero-order chi connectivity index (χ0) is 14.8. The van der Waals surface area contributed by atoms with Gasteiger partial charge in [-0.25, -0.2) is 9.78 Å². The van der Waals surface area contributed by atoms with Crippen molar-refractivity contribution in [2.24, 2.45) is 11.7 Å². The summed E-state index contributed by atoms with van der Waals surface area (Å²) in [5, 5.41) is 3.04. The van der Waals surface area contributed by atoms with E-state index in [2.05, 4.69) is 4.98 Å². The minimum Gasteiger partial charge on any atom is -0.444 e. The van der Waals surface area contributed by atoms with Crippen molar-refractivity contribution in [2.75, 3.05) is 19.6 Å². The number of thiazole rings is 1. The molecule has 1 saturated heterocycles. The van der Waals surface area contributed by atoms with Gasteiger partial charge in [-0.15, -0.1) is 11.3 Å². The molecule has 0 bridgehead atoms. The summed E-state index contributed by atoms with van der Waals surface area (Å²) in [6.07, 6.45) is 2.54. The van der Waals surface area contributed by atoms with E-state index in [1.54, 1.807) is 16.2 Å². The molecule has 6 heteroatoms. The molecule has 1 aromatic rings. The second-order valence-electron chi connectivity index (χ2n) is 6.19. The minimum atomic E-state index is -0.447. The van der Waals surface area contributed by atoms with Gasteiger partial charge in [-0.3, -0.25) is 0 Å². The summed E-state index contributed by atoms with van der Waals surface area (Å²) in [5.41, 5.74) is 5.45. The van der Waals surface area contributed by atoms with Crippen LogP contribution in [0.15, 0.2) is 11.6 Å². The van der Waals surface area contributed by atoms with Crippen LogP contribution >= 0.6 is 11.3 Å². The largest absolute Gasteiger partial charge is 0.444 e. The fourth-order valence-electron chi connectivity index (χ4n) is 2.52. The van der Waals surface area contributed by atoms with E-state index in [0.29, 0.717) is 19.0 Å². The zero-order valence-electron chi connectivity index (χ0n) is 12.3. The SMILES string of the molecule is CC(C)(C)OC(=O)N1CCC(C(CN)c2nccs2)C1. The number of carbonyl (C=O) groups is 1. The first kappa shape index (κ1) is 15.3. The average molecular weight is 297 g/mol. The molecule has 1 aliphatic heterocycles. The van der Waals surface area contributed by atoms with Crippen LogP contribution in [-0.4, -0.2) is 41.2 Å². The Bertz CT molecular complexity index is 442. The molecule has 2 N–H and O–H groups in total. The van der Waals surface area contributed by atoms with Crippen LogP contribution in [0.2, 0.25) is 0 Å². The molecule has 0 aromatic carbocycles. The Morgan fingerprint density at radius 2 is 2.40 bits per heavy atom. The average Bonchev–Trinajstić information content (AvgIpc) is 2.98. The van der Waals surface area contributed by atoms with Crippen LogP contribution < -0.4 is 5.73 Å². The summed E-state index contributed by atoms with van der Waals surface area (Å²) in [6.45, 7) is 7.67. The normalized spacial score (nSPS) is 21.0. The number of nitrogens with two attached hydrogens (primary N) is 1. The Balaban J connectivity index is 1.96. The molecule has 0 spiro atoms. The van der Waals surface area contributed by atoms with Crippen LogP contribution in [0.4, 0.5) is 4.79 Å². The maximum absolute atomic E-state index is 12.1. The maximum Gasteiger partial charge on any atom is 0.410 e. The molecule has 2 rings (SSSR count). The number of aromatic nitrogens is 1. The molecule has 20 heavy (non-hydrogen) atoms. The third-order valence-electron chi connectivity index (χ3n) is 3.47. The highest BCUT2D eigenvalue weighted by molar-refractivity contribution is 7.09. The van der Waals surface area contributed by atoms with E-state index in [1.165, 1.54) is 0 Å². The molecule has 1 aromatic heterocycles. The van der Waals surface area contributed by atoms with Crippen LogP contribution in [-0.2, 0) is 4.74 Å². The van der Waals surface area contributed by atoms with Crippen LogP contribution in [0.1, 0.15) is 38.1 Å². The lowest BCUT2D eigenvalue weighted by Gasteiger charge is -2.25. The molecular weight excluding hydrogens is 274 g/mol. The number of ether oxygens (including phenoxy) is 1. The smallest absolute Gasteiger partial charge is 0.410 e. The standard InChI is InChI=1S/C14H23N3O2S/c1-14(2,3)19-13(18)17-6-4-10(9-17)11(8-15)12-16-5-7-20-12/h5,7,10-11H,4,6,8-9,15H2,1-3H3. The predicted molar refractivity (Wildman–Crippen MR) is 79.8 cm³/mol. The van der Waals surface area contributed by atoms with Crippen molar-refractivity contribution in [2.45, 2.75) is 38.7 Å². The first-order chi connectivity index (χ1) is 9.40. The Labute approximate surface area is 124 Å². The Hall–Kier alpha value is -1.14. The molecule has 2 heterocycles. The van der Waals surface area contributed by atoms with Crippen molar-refractivity contribution in [3.8, 4) is 0 Å². The monoisotopic (exact) mass is 297 g/mol. The fraction of sp³-hybridized carbons (Fsp3) is 0.714. The van der Waals surface area contributed by atoms with E-state index >= 15 is 0 Å². The predicted octanol–water partition coefficient (Wildman–Crippen LogP) is 2.44. The van der Waals surface area contributed by atoms with Gasteiger partial charge in [0.2, 0.25) is 0 Å². The summed E-state index contributed by atoms with van der Waals surface area (Å²) in [4.78, 5) is 18.2. The van der Waals surface area contributed by atoms with Crippen LogP contribution in [0.25, 0.3) is 0 Å². The Kier molecular flexibility index (Phi) is 4.65. The Morgan fingerprint density at radius 3 is 2.95 bits per heavy atom. The number of hydrogen-bond acceptors (Lipinski definition) is 5. The van der Waals surface area contributed by atoms with Gasteiger partial charge in [0.25, 0.3) is 0 Å². The van der Waals surface area contributed by atoms with Gasteiger partial charge in [-0.2, -0.15) is 0 Å². The molecule has 0 saturated carbocycles. The zero-order valence-corrected chi connectivity index (χ0v) is 13.2. The summed E-state index contributed by atoms with van der Waals surface area (Å²) in [6, 6.07) is 0. The summed E-state index contributed by atoms with van der Waals surface area (Å²) >= 11 is 1.64. The second-order valence-corrected chi connectivity index (χ2v) is 7.11. The molecule has 1 fully saturated rings. The van der Waals surface area contributed by atoms with E-state index < -0.39 is 5.60 Å². The van der Waals surface area contributed by atoms with E-state index in [1.807, 2.05) is 32.3 Å². The summed E-state index contributed by atoms with van der Waals surface area (Å²) < 4.78 is 5.42. The van der Waals surface area contributed by atoms with Gasteiger partial charge in [0.1, 0.15) is 5.60 Å². The molecule has 2 atom stereocenters. The summed E-state index contributed by atoms with van der Waals surface area (Å²) in [5.74, 6) is 0.612. The molecule has 5 nitrogen and oxygen atoms in total. The number of amides is 1. The lowest BCUT2D eigenvalue weighted by Crippen LogP contribution is -2.36. The van der Waals surface area contributed by atoms with Crippen molar-refractivity contribution in [3.05, 3.63) is 16.6 Å². The van der Waals surface area contributed by atoms with E-state index in [4.69, 9.17) is 10.5 Å². The number of hydrogen-bond donors (Lipinski definition) is 1. The van der Waals surface area contributed by atoms with Gasteiger partial charge in [-0.05, 0) is 33.1 Å². The number of likely N-dealkylation sites (tertiary alicyclic amines) is 1. The van der Waals surface area contributed by atoms with E-state index in [0.717, 1.165) is 18.0 Å². The Morgan fingerprint density at radius 1 is 1.65 bits per heavy atom. The number of nitrogens with zero attached hydrogens (tertiary/aromatic N) is 2. The summed E-state index contributed by atoms with van der Waals surface area (Å²) in [7, 11) is 0. The van der Waals surface area contributed by atoms with Crippen molar-refractivity contribution < 1.29 is 9.53 Å². The molecule has 112 valence electrons. The van der Waals surface area contributed by atoms with Gasteiger partial charge in [0.15, 0.2) is 0 Å². The molecule has 1 amide bonds. The highest BCUT2D eigenvalue weighted by Crippen LogP contribution is 2.32. The second kappa shape index (κ2) is 6.10. The third-order valence-corrected chi connectivity index (χ3v) is 4.38. The van der Waals surface area contributed by atoms with E-state index in [9.17, 15) is 4.79 Å². The first-order valence-corrected chi connectivity index (χ1v) is 7.86. The first-order valence-electron chi connectivity index (χ1n) is 6.98. The van der Waals surface area contributed by atoms with E-state index in [-0.39, 0.29) is 12.0 Å².